The second kappa shape index (κ2) is 3.86. The van der Waals surface area contributed by atoms with E-state index < -0.39 is 0 Å². The lowest BCUT2D eigenvalue weighted by Gasteiger charge is -2.18. The Morgan fingerprint density at radius 3 is 2.44 bits per heavy atom. The second-order valence-electron chi connectivity index (χ2n) is 4.49. The van der Waals surface area contributed by atoms with E-state index in [-0.39, 0.29) is 28.6 Å². The number of anilines is 1. The van der Waals surface area contributed by atoms with Gasteiger partial charge in [0.05, 0.1) is 17.5 Å². The zero-order valence-corrected chi connectivity index (χ0v) is 11.6. The van der Waals surface area contributed by atoms with E-state index in [1.807, 2.05) is 0 Å². The first-order valence-electron chi connectivity index (χ1n) is 5.48. The average molecular weight is 325 g/mol. The van der Waals surface area contributed by atoms with Gasteiger partial charge in [-0.15, -0.1) is 0 Å². The largest absolute Gasteiger partial charge is 0.389 e. The monoisotopic (exact) mass is 324 g/mol. The summed E-state index contributed by atoms with van der Waals surface area (Å²) >= 11 is 8.24. The van der Waals surface area contributed by atoms with E-state index in [1.165, 1.54) is 4.90 Å². The van der Waals surface area contributed by atoms with Gasteiger partial charge in [0.15, 0.2) is 0 Å². The Kier molecular flexibility index (Phi) is 2.53. The minimum atomic E-state index is -0.103. The molecule has 2 fully saturated rings. The van der Waals surface area contributed by atoms with Gasteiger partial charge in [0, 0.05) is 10.0 Å². The lowest BCUT2D eigenvalue weighted by Crippen LogP contribution is -2.33. The van der Waals surface area contributed by atoms with Crippen molar-refractivity contribution >= 4 is 50.6 Å². The number of amides is 2. The molecule has 0 bridgehead atoms. The van der Waals surface area contributed by atoms with Crippen LogP contribution in [0.15, 0.2) is 22.7 Å². The number of rotatable bonds is 2. The molecular formula is C12H9BrN2O2S. The second-order valence-corrected chi connectivity index (χ2v) is 5.79. The highest BCUT2D eigenvalue weighted by Crippen LogP contribution is 2.49. The number of benzene rings is 1. The molecule has 1 aliphatic heterocycles. The van der Waals surface area contributed by atoms with E-state index in [0.717, 1.165) is 0 Å². The summed E-state index contributed by atoms with van der Waals surface area (Å²) in [6.45, 7) is 0. The standard InChI is InChI=1S/C12H9BrN2O2S/c13-8-3-5(10(14)18)1-2-9(8)15-11(16)6-4-7(6)12(15)17/h1-3,6-7H,4H2,(H2,14,18). The number of hydrogen-bond acceptors (Lipinski definition) is 3. The molecule has 1 saturated heterocycles. The minimum Gasteiger partial charge on any atom is -0.389 e. The van der Waals surface area contributed by atoms with Crippen LogP contribution in [0, 0.1) is 11.8 Å². The van der Waals surface area contributed by atoms with Crippen LogP contribution in [0.25, 0.3) is 0 Å². The maximum Gasteiger partial charge on any atom is 0.237 e. The van der Waals surface area contributed by atoms with Crippen LogP contribution in [0.1, 0.15) is 12.0 Å². The maximum atomic E-state index is 12.0. The molecule has 18 heavy (non-hydrogen) atoms. The van der Waals surface area contributed by atoms with Gasteiger partial charge in [-0.3, -0.25) is 9.59 Å². The van der Waals surface area contributed by atoms with Gasteiger partial charge >= 0.3 is 0 Å². The van der Waals surface area contributed by atoms with Crippen LogP contribution >= 0.6 is 28.1 Å². The molecule has 4 nitrogen and oxygen atoms in total. The molecule has 1 saturated carbocycles. The SMILES string of the molecule is NC(=S)c1ccc(N2C(=O)C3CC3C2=O)c(Br)c1. The van der Waals surface area contributed by atoms with Crippen molar-refractivity contribution in [3.05, 3.63) is 28.2 Å². The summed E-state index contributed by atoms with van der Waals surface area (Å²) in [7, 11) is 0. The van der Waals surface area contributed by atoms with Gasteiger partial charge in [0.25, 0.3) is 0 Å². The highest BCUT2D eigenvalue weighted by molar-refractivity contribution is 9.10. The Morgan fingerprint density at radius 1 is 1.33 bits per heavy atom. The third-order valence-corrected chi connectivity index (χ3v) is 4.21. The van der Waals surface area contributed by atoms with Gasteiger partial charge in [-0.05, 0) is 40.5 Å². The lowest BCUT2D eigenvalue weighted by molar-refractivity contribution is -0.123. The Hall–Kier alpha value is -1.27. The van der Waals surface area contributed by atoms with Crippen molar-refractivity contribution in [3.8, 4) is 0 Å². The predicted octanol–water partition coefficient (Wildman–Crippen LogP) is 1.59. The Balaban J connectivity index is 2.00. The smallest absolute Gasteiger partial charge is 0.237 e. The van der Waals surface area contributed by atoms with Gasteiger partial charge < -0.3 is 5.73 Å². The molecule has 2 atom stereocenters. The van der Waals surface area contributed by atoms with E-state index in [4.69, 9.17) is 18.0 Å². The maximum absolute atomic E-state index is 12.0. The normalized spacial score (nSPS) is 25.3. The van der Waals surface area contributed by atoms with Gasteiger partial charge in [-0.2, -0.15) is 0 Å². The van der Waals surface area contributed by atoms with E-state index in [2.05, 4.69) is 15.9 Å². The zero-order valence-electron chi connectivity index (χ0n) is 9.22. The molecule has 1 aliphatic carbocycles. The van der Waals surface area contributed by atoms with Crippen LogP contribution in [0.3, 0.4) is 0 Å². The van der Waals surface area contributed by atoms with Crippen LogP contribution in [0.2, 0.25) is 0 Å². The summed E-state index contributed by atoms with van der Waals surface area (Å²) < 4.78 is 0.649. The third-order valence-electron chi connectivity index (χ3n) is 3.34. The number of carbonyl (C=O) groups is 2. The van der Waals surface area contributed by atoms with E-state index in [9.17, 15) is 9.59 Å². The number of piperidine rings is 1. The highest BCUT2D eigenvalue weighted by Gasteiger charge is 2.59. The first-order valence-corrected chi connectivity index (χ1v) is 6.68. The quantitative estimate of drug-likeness (QED) is 0.663. The molecule has 2 aliphatic rings. The van der Waals surface area contributed by atoms with Crippen molar-refractivity contribution in [2.75, 3.05) is 4.90 Å². The van der Waals surface area contributed by atoms with Gasteiger partial charge in [-0.1, -0.05) is 12.2 Å². The van der Waals surface area contributed by atoms with Crippen LogP contribution in [-0.2, 0) is 9.59 Å². The first-order chi connectivity index (χ1) is 8.50. The van der Waals surface area contributed by atoms with Gasteiger partial charge in [0.2, 0.25) is 11.8 Å². The van der Waals surface area contributed by atoms with Crippen LogP contribution in [0.4, 0.5) is 5.69 Å². The number of hydrogen-bond donors (Lipinski definition) is 1. The fourth-order valence-electron chi connectivity index (χ4n) is 2.26. The number of thiocarbonyl (C=S) groups is 1. The summed E-state index contributed by atoms with van der Waals surface area (Å²) in [4.78, 5) is 25.5. The van der Waals surface area contributed by atoms with Crippen molar-refractivity contribution < 1.29 is 9.59 Å². The molecule has 2 amide bonds. The molecule has 1 aromatic carbocycles. The fraction of sp³-hybridized carbons (Fsp3) is 0.250. The molecule has 0 aromatic heterocycles. The number of imide groups is 1. The molecular weight excluding hydrogens is 316 g/mol. The van der Waals surface area contributed by atoms with Crippen LogP contribution < -0.4 is 10.6 Å². The molecule has 0 radical (unpaired) electrons. The van der Waals surface area contributed by atoms with Gasteiger partial charge in [0.1, 0.15) is 4.99 Å². The van der Waals surface area contributed by atoms with E-state index in [0.29, 0.717) is 22.1 Å². The predicted molar refractivity (Wildman–Crippen MR) is 74.1 cm³/mol. The Morgan fingerprint density at radius 2 is 1.94 bits per heavy atom. The molecule has 1 aromatic rings. The number of halogens is 1. The highest BCUT2D eigenvalue weighted by atomic mass is 79.9. The molecule has 2 N–H and O–H groups in total. The summed E-state index contributed by atoms with van der Waals surface area (Å²) in [5.74, 6) is -0.401. The molecule has 1 heterocycles. The van der Waals surface area contributed by atoms with Crippen molar-refractivity contribution in [2.45, 2.75) is 6.42 Å². The van der Waals surface area contributed by atoms with Crippen molar-refractivity contribution in [2.24, 2.45) is 17.6 Å². The van der Waals surface area contributed by atoms with Crippen molar-refractivity contribution in [3.63, 3.8) is 0 Å². The number of nitrogens with zero attached hydrogens (tertiary/aromatic N) is 1. The summed E-state index contributed by atoms with van der Waals surface area (Å²) in [5, 5.41) is 0. The minimum absolute atomic E-state index is 0.0975. The molecule has 6 heteroatoms. The van der Waals surface area contributed by atoms with Gasteiger partial charge in [-0.25, -0.2) is 4.90 Å². The Bertz CT molecular complexity index is 582. The van der Waals surface area contributed by atoms with Crippen molar-refractivity contribution in [1.82, 2.24) is 0 Å². The molecule has 92 valence electrons. The molecule has 2 unspecified atom stereocenters. The van der Waals surface area contributed by atoms with Crippen LogP contribution in [0.5, 0.6) is 0 Å². The summed E-state index contributed by atoms with van der Waals surface area (Å²) in [6, 6.07) is 5.13. The molecule has 0 spiro atoms. The van der Waals surface area contributed by atoms with E-state index in [1.54, 1.807) is 18.2 Å². The average Bonchev–Trinajstić information content (AvgIpc) is 3.06. The number of carbonyl (C=O) groups excluding carboxylic acids is 2. The summed E-state index contributed by atoms with van der Waals surface area (Å²) in [6.07, 6.45) is 0.705. The topological polar surface area (TPSA) is 63.4 Å². The molecule has 3 rings (SSSR count). The number of nitrogens with two attached hydrogens (primary N) is 1. The summed E-state index contributed by atoms with van der Waals surface area (Å²) in [5.41, 5.74) is 6.80. The van der Waals surface area contributed by atoms with Crippen LogP contribution in [-0.4, -0.2) is 16.8 Å². The van der Waals surface area contributed by atoms with Crippen molar-refractivity contribution in [1.29, 1.82) is 0 Å². The van der Waals surface area contributed by atoms with E-state index >= 15 is 0 Å². The Labute approximate surface area is 117 Å². The first kappa shape index (κ1) is 11.8. The number of fused-ring (bicyclic) bond motifs is 1. The lowest BCUT2D eigenvalue weighted by atomic mass is 10.2. The third kappa shape index (κ3) is 1.59. The zero-order chi connectivity index (χ0) is 13.0. The fourth-order valence-corrected chi connectivity index (χ4v) is 2.94.